The van der Waals surface area contributed by atoms with E-state index in [1.165, 1.54) is 5.57 Å². The number of ether oxygens (including phenoxy) is 2. The summed E-state index contributed by atoms with van der Waals surface area (Å²) in [4.78, 5) is 10.7. The number of halogens is 1. The van der Waals surface area contributed by atoms with Gasteiger partial charge in [-0.25, -0.2) is 0 Å². The first kappa shape index (κ1) is 19.5. The highest BCUT2D eigenvalue weighted by Gasteiger charge is 2.16. The number of aryl methyl sites for hydroxylation is 2. The van der Waals surface area contributed by atoms with Gasteiger partial charge in [-0.2, -0.15) is 0 Å². The zero-order valence-corrected chi connectivity index (χ0v) is 16.1. The Balaban J connectivity index is 1.72. The number of carboxylic acids is 1. The average molecular weight is 387 g/mol. The quantitative estimate of drug-likeness (QED) is 0.733. The Morgan fingerprint density at radius 1 is 1.22 bits per heavy atom. The summed E-state index contributed by atoms with van der Waals surface area (Å²) in [5.74, 6) is 0.0395. The van der Waals surface area contributed by atoms with Crippen LogP contribution in [0.4, 0.5) is 0 Å². The molecule has 5 heteroatoms. The van der Waals surface area contributed by atoms with Crippen LogP contribution in [-0.4, -0.2) is 30.9 Å². The number of carbonyl (C=O) groups is 1. The van der Waals surface area contributed by atoms with E-state index in [9.17, 15) is 4.79 Å². The van der Waals surface area contributed by atoms with Crippen LogP contribution in [0.25, 0.3) is 5.57 Å². The predicted octanol–water partition coefficient (Wildman–Crippen LogP) is 4.92. The first-order valence-corrected chi connectivity index (χ1v) is 9.39. The third-order valence-electron chi connectivity index (χ3n) is 4.68. The third kappa shape index (κ3) is 5.34. The van der Waals surface area contributed by atoms with E-state index in [0.29, 0.717) is 31.3 Å². The van der Waals surface area contributed by atoms with Gasteiger partial charge in [-0.1, -0.05) is 35.9 Å². The predicted molar refractivity (Wildman–Crippen MR) is 106 cm³/mol. The van der Waals surface area contributed by atoms with Gasteiger partial charge in [0.25, 0.3) is 0 Å². The van der Waals surface area contributed by atoms with Gasteiger partial charge < -0.3 is 14.6 Å². The fourth-order valence-electron chi connectivity index (χ4n) is 3.17. The highest BCUT2D eigenvalue weighted by atomic mass is 35.5. The molecule has 0 bridgehead atoms. The van der Waals surface area contributed by atoms with Crippen LogP contribution in [-0.2, 0) is 16.0 Å². The van der Waals surface area contributed by atoms with Gasteiger partial charge in [0, 0.05) is 11.4 Å². The molecule has 0 unspecified atom stereocenters. The highest BCUT2D eigenvalue weighted by Crippen LogP contribution is 2.28. The van der Waals surface area contributed by atoms with Crippen LogP contribution < -0.4 is 4.74 Å². The van der Waals surface area contributed by atoms with Gasteiger partial charge in [0.1, 0.15) is 12.4 Å². The monoisotopic (exact) mass is 386 g/mol. The Hall–Kier alpha value is -2.30. The van der Waals surface area contributed by atoms with E-state index in [2.05, 4.69) is 0 Å². The summed E-state index contributed by atoms with van der Waals surface area (Å²) < 4.78 is 11.7. The van der Waals surface area contributed by atoms with Gasteiger partial charge in [-0.3, -0.25) is 4.79 Å². The number of hydrogen-bond acceptors (Lipinski definition) is 3. The summed E-state index contributed by atoms with van der Waals surface area (Å²) >= 11 is 5.99. The largest absolute Gasteiger partial charge is 0.489 e. The van der Waals surface area contributed by atoms with Crippen LogP contribution in [0.15, 0.2) is 48.0 Å². The Bertz CT molecular complexity index is 840. The molecule has 0 amide bonds. The highest BCUT2D eigenvalue weighted by molar-refractivity contribution is 6.30. The maximum absolute atomic E-state index is 10.7. The second-order valence-electron chi connectivity index (χ2n) is 6.67. The van der Waals surface area contributed by atoms with Crippen LogP contribution >= 0.6 is 11.6 Å². The summed E-state index contributed by atoms with van der Waals surface area (Å²) in [5, 5.41) is 9.53. The molecular formula is C22H23ClO4. The lowest BCUT2D eigenvalue weighted by Gasteiger charge is -2.22. The lowest BCUT2D eigenvalue weighted by Crippen LogP contribution is -2.15. The van der Waals surface area contributed by atoms with Crippen molar-refractivity contribution in [2.45, 2.75) is 26.2 Å². The Morgan fingerprint density at radius 2 is 2.00 bits per heavy atom. The van der Waals surface area contributed by atoms with Crippen LogP contribution in [0.1, 0.15) is 29.5 Å². The molecule has 0 aliphatic carbocycles. The van der Waals surface area contributed by atoms with Crippen LogP contribution in [0, 0.1) is 6.92 Å². The number of benzene rings is 2. The molecule has 0 radical (unpaired) electrons. The van der Waals surface area contributed by atoms with E-state index >= 15 is 0 Å². The van der Waals surface area contributed by atoms with Crippen molar-refractivity contribution in [3.05, 3.63) is 69.8 Å². The molecule has 142 valence electrons. The molecule has 0 spiro atoms. The van der Waals surface area contributed by atoms with Crippen molar-refractivity contribution in [1.29, 1.82) is 0 Å². The Kier molecular flexibility index (Phi) is 6.54. The van der Waals surface area contributed by atoms with Crippen molar-refractivity contribution in [1.82, 2.24) is 0 Å². The minimum absolute atomic E-state index is 0.136. The number of hydrogen-bond donors (Lipinski definition) is 1. The van der Waals surface area contributed by atoms with Crippen LogP contribution in [0.3, 0.4) is 0 Å². The fraction of sp³-hybridized carbons (Fsp3) is 0.318. The third-order valence-corrected chi connectivity index (χ3v) is 4.93. The molecule has 2 aromatic rings. The van der Waals surface area contributed by atoms with Gasteiger partial charge in [-0.15, -0.1) is 0 Å². The van der Waals surface area contributed by atoms with Crippen LogP contribution in [0.2, 0.25) is 5.02 Å². The molecule has 4 nitrogen and oxygen atoms in total. The summed E-state index contributed by atoms with van der Waals surface area (Å²) in [5.41, 5.74) is 5.53. The average Bonchev–Trinajstić information content (AvgIpc) is 2.66. The summed E-state index contributed by atoms with van der Waals surface area (Å²) in [6.07, 6.45) is 1.50. The van der Waals surface area contributed by atoms with Gasteiger partial charge in [0.05, 0.1) is 13.2 Å². The first-order chi connectivity index (χ1) is 13.0. The molecule has 27 heavy (non-hydrogen) atoms. The van der Waals surface area contributed by atoms with Crippen LogP contribution in [0.5, 0.6) is 5.75 Å². The second kappa shape index (κ2) is 9.07. The molecule has 1 aliphatic rings. The zero-order chi connectivity index (χ0) is 19.2. The Morgan fingerprint density at radius 3 is 2.70 bits per heavy atom. The fourth-order valence-corrected chi connectivity index (χ4v) is 3.29. The first-order valence-electron chi connectivity index (χ1n) is 9.01. The minimum Gasteiger partial charge on any atom is -0.489 e. The maximum Gasteiger partial charge on any atom is 0.303 e. The zero-order valence-electron chi connectivity index (χ0n) is 15.3. The molecule has 0 aromatic heterocycles. The lowest BCUT2D eigenvalue weighted by atomic mass is 9.97. The second-order valence-corrected chi connectivity index (χ2v) is 7.11. The van der Waals surface area contributed by atoms with Crippen molar-refractivity contribution in [3.8, 4) is 5.75 Å². The Labute approximate surface area is 164 Å². The van der Waals surface area contributed by atoms with E-state index in [0.717, 1.165) is 34.4 Å². The minimum atomic E-state index is -0.783. The molecule has 0 saturated carbocycles. The number of aliphatic carboxylic acids is 1. The number of rotatable bonds is 7. The number of carboxylic acid groups (broad SMARTS) is 1. The van der Waals surface area contributed by atoms with E-state index in [1.807, 2.05) is 49.4 Å². The summed E-state index contributed by atoms with van der Waals surface area (Å²) in [6.45, 7) is 3.77. The summed E-state index contributed by atoms with van der Waals surface area (Å²) in [6, 6.07) is 13.6. The van der Waals surface area contributed by atoms with Crippen molar-refractivity contribution in [3.63, 3.8) is 0 Å². The summed E-state index contributed by atoms with van der Waals surface area (Å²) in [7, 11) is 0. The molecule has 1 heterocycles. The van der Waals surface area contributed by atoms with E-state index in [4.69, 9.17) is 26.2 Å². The van der Waals surface area contributed by atoms with Gasteiger partial charge in [0.15, 0.2) is 0 Å². The molecule has 1 N–H and O–H groups in total. The van der Waals surface area contributed by atoms with Crippen molar-refractivity contribution in [2.24, 2.45) is 0 Å². The topological polar surface area (TPSA) is 55.8 Å². The molecule has 1 aliphatic heterocycles. The van der Waals surface area contributed by atoms with Gasteiger partial charge in [0.2, 0.25) is 0 Å². The van der Waals surface area contributed by atoms with E-state index < -0.39 is 5.97 Å². The SMILES string of the molecule is Cc1cc(CCC(=O)O)ccc1OCC1=C(c2ccc(Cl)cc2)COCC1. The normalized spacial score (nSPS) is 14.3. The van der Waals surface area contributed by atoms with E-state index in [-0.39, 0.29) is 6.42 Å². The lowest BCUT2D eigenvalue weighted by molar-refractivity contribution is -0.136. The maximum atomic E-state index is 10.7. The molecule has 2 aromatic carbocycles. The molecule has 0 saturated heterocycles. The molecule has 0 fully saturated rings. The van der Waals surface area contributed by atoms with E-state index in [1.54, 1.807) is 0 Å². The van der Waals surface area contributed by atoms with Crippen molar-refractivity contribution >= 4 is 23.1 Å². The molecule has 3 rings (SSSR count). The smallest absolute Gasteiger partial charge is 0.303 e. The van der Waals surface area contributed by atoms with Crippen molar-refractivity contribution in [2.75, 3.05) is 19.8 Å². The van der Waals surface area contributed by atoms with Gasteiger partial charge >= 0.3 is 5.97 Å². The molecular weight excluding hydrogens is 364 g/mol. The molecule has 0 atom stereocenters. The van der Waals surface area contributed by atoms with Crippen molar-refractivity contribution < 1.29 is 19.4 Å². The van der Waals surface area contributed by atoms with Gasteiger partial charge in [-0.05, 0) is 65.8 Å². The standard InChI is InChI=1S/C22H23ClO4/c1-15-12-16(3-9-22(24)25)2-8-21(15)27-13-18-10-11-26-14-20(18)17-4-6-19(23)7-5-17/h2,4-8,12H,3,9-11,13-14H2,1H3,(H,24,25).